The minimum Gasteiger partial charge on any atom is -0.442 e. The SMILES string of the molecule is O=C1O[C@H](CCl)[C@H]2[C@H](O)[C@H](O)CN12. The number of fused-ring (bicyclic) bond motifs is 1. The van der Waals surface area contributed by atoms with Crippen molar-refractivity contribution in [1.29, 1.82) is 0 Å². The highest BCUT2D eigenvalue weighted by Gasteiger charge is 2.53. The van der Waals surface area contributed by atoms with Gasteiger partial charge in [-0.3, -0.25) is 4.90 Å². The van der Waals surface area contributed by atoms with E-state index in [1.165, 1.54) is 4.90 Å². The van der Waals surface area contributed by atoms with E-state index in [4.69, 9.17) is 16.3 Å². The average Bonchev–Trinajstić information content (AvgIpc) is 2.55. The number of ether oxygens (including phenoxy) is 1. The summed E-state index contributed by atoms with van der Waals surface area (Å²) in [6, 6.07) is -0.486. The Balaban J connectivity index is 2.21. The number of halogens is 1. The van der Waals surface area contributed by atoms with Gasteiger partial charge in [-0.05, 0) is 0 Å². The van der Waals surface area contributed by atoms with Gasteiger partial charge in [-0.1, -0.05) is 0 Å². The monoisotopic (exact) mass is 207 g/mol. The smallest absolute Gasteiger partial charge is 0.410 e. The molecule has 4 atom stereocenters. The summed E-state index contributed by atoms with van der Waals surface area (Å²) < 4.78 is 4.88. The van der Waals surface area contributed by atoms with Gasteiger partial charge in [0.15, 0.2) is 0 Å². The molecule has 2 aliphatic heterocycles. The number of hydrogen-bond acceptors (Lipinski definition) is 4. The van der Waals surface area contributed by atoms with Crippen LogP contribution in [0.15, 0.2) is 0 Å². The minimum absolute atomic E-state index is 0.123. The van der Waals surface area contributed by atoms with E-state index in [9.17, 15) is 15.0 Å². The van der Waals surface area contributed by atoms with Crippen LogP contribution in [0, 0.1) is 0 Å². The summed E-state index contributed by atoms with van der Waals surface area (Å²) in [5, 5.41) is 18.8. The van der Waals surface area contributed by atoms with Crippen molar-refractivity contribution >= 4 is 17.7 Å². The zero-order valence-electron chi connectivity index (χ0n) is 6.76. The number of nitrogens with zero attached hydrogens (tertiary/aromatic N) is 1. The van der Waals surface area contributed by atoms with Crippen LogP contribution in [0.3, 0.4) is 0 Å². The number of aliphatic hydroxyl groups is 2. The maximum absolute atomic E-state index is 11.1. The molecule has 0 aromatic carbocycles. The second-order valence-electron chi connectivity index (χ2n) is 3.28. The Labute approximate surface area is 79.8 Å². The Morgan fingerprint density at radius 3 is 2.92 bits per heavy atom. The Hall–Kier alpha value is -0.520. The van der Waals surface area contributed by atoms with Crippen molar-refractivity contribution in [1.82, 2.24) is 4.90 Å². The second-order valence-corrected chi connectivity index (χ2v) is 3.59. The van der Waals surface area contributed by atoms with Crippen molar-refractivity contribution < 1.29 is 19.7 Å². The molecular weight excluding hydrogens is 198 g/mol. The lowest BCUT2D eigenvalue weighted by Crippen LogP contribution is -2.40. The quantitative estimate of drug-likeness (QED) is 0.550. The molecule has 0 aromatic rings. The molecule has 1 amide bonds. The number of amides is 1. The maximum atomic E-state index is 11.1. The highest BCUT2D eigenvalue weighted by atomic mass is 35.5. The molecule has 6 heteroatoms. The molecule has 2 aliphatic rings. The summed E-state index contributed by atoms with van der Waals surface area (Å²) in [5.41, 5.74) is 0. The highest BCUT2D eigenvalue weighted by Crippen LogP contribution is 2.30. The van der Waals surface area contributed by atoms with Gasteiger partial charge in [-0.25, -0.2) is 4.79 Å². The van der Waals surface area contributed by atoms with E-state index in [1.54, 1.807) is 0 Å². The molecule has 2 heterocycles. The Morgan fingerprint density at radius 2 is 2.31 bits per heavy atom. The van der Waals surface area contributed by atoms with Crippen LogP contribution in [0.4, 0.5) is 4.79 Å². The molecule has 13 heavy (non-hydrogen) atoms. The molecule has 0 aromatic heterocycles. The normalized spacial score (nSPS) is 43.6. The zero-order chi connectivity index (χ0) is 9.59. The minimum atomic E-state index is -0.949. The van der Waals surface area contributed by atoms with E-state index in [-0.39, 0.29) is 12.4 Å². The number of hydrogen-bond donors (Lipinski definition) is 2. The van der Waals surface area contributed by atoms with Gasteiger partial charge in [0.2, 0.25) is 0 Å². The fourth-order valence-electron chi connectivity index (χ4n) is 1.85. The van der Waals surface area contributed by atoms with Crippen molar-refractivity contribution in [3.05, 3.63) is 0 Å². The number of carbonyl (C=O) groups is 1. The molecule has 0 aliphatic carbocycles. The van der Waals surface area contributed by atoms with Crippen LogP contribution in [-0.4, -0.2) is 58.0 Å². The van der Waals surface area contributed by atoms with E-state index in [1.807, 2.05) is 0 Å². The largest absolute Gasteiger partial charge is 0.442 e. The van der Waals surface area contributed by atoms with Crippen molar-refractivity contribution in [3.63, 3.8) is 0 Å². The van der Waals surface area contributed by atoms with Crippen LogP contribution < -0.4 is 0 Å². The fourth-order valence-corrected chi connectivity index (χ4v) is 2.10. The van der Waals surface area contributed by atoms with Gasteiger partial charge in [0.25, 0.3) is 0 Å². The van der Waals surface area contributed by atoms with Gasteiger partial charge in [0, 0.05) is 0 Å². The zero-order valence-corrected chi connectivity index (χ0v) is 7.52. The third kappa shape index (κ3) is 1.19. The van der Waals surface area contributed by atoms with Crippen LogP contribution in [0.5, 0.6) is 0 Å². The second kappa shape index (κ2) is 3.01. The number of carbonyl (C=O) groups excluding carboxylic acids is 1. The van der Waals surface area contributed by atoms with Crippen molar-refractivity contribution in [2.75, 3.05) is 12.4 Å². The van der Waals surface area contributed by atoms with E-state index >= 15 is 0 Å². The fraction of sp³-hybridized carbons (Fsp3) is 0.857. The number of cyclic esters (lactones) is 1. The molecule has 2 N–H and O–H groups in total. The molecule has 0 spiro atoms. The van der Waals surface area contributed by atoms with Gasteiger partial charge in [-0.2, -0.15) is 0 Å². The predicted octanol–water partition coefficient (Wildman–Crippen LogP) is -0.850. The van der Waals surface area contributed by atoms with Crippen molar-refractivity contribution in [2.24, 2.45) is 0 Å². The lowest BCUT2D eigenvalue weighted by Gasteiger charge is -2.17. The molecule has 5 nitrogen and oxygen atoms in total. The van der Waals surface area contributed by atoms with E-state index < -0.39 is 30.4 Å². The van der Waals surface area contributed by atoms with Gasteiger partial charge >= 0.3 is 6.09 Å². The lowest BCUT2D eigenvalue weighted by molar-refractivity contribution is 0.0186. The van der Waals surface area contributed by atoms with E-state index in [0.29, 0.717) is 0 Å². The molecule has 0 unspecified atom stereocenters. The topological polar surface area (TPSA) is 70.0 Å². The van der Waals surface area contributed by atoms with Crippen LogP contribution in [0.1, 0.15) is 0 Å². The number of aliphatic hydroxyl groups excluding tert-OH is 2. The van der Waals surface area contributed by atoms with E-state index in [0.717, 1.165) is 0 Å². The van der Waals surface area contributed by atoms with Gasteiger partial charge < -0.3 is 14.9 Å². The lowest BCUT2D eigenvalue weighted by atomic mass is 10.1. The summed E-state index contributed by atoms with van der Waals surface area (Å²) in [6.45, 7) is 0.123. The van der Waals surface area contributed by atoms with Crippen LogP contribution in [-0.2, 0) is 4.74 Å². The summed E-state index contributed by atoms with van der Waals surface area (Å²) in [5.74, 6) is 0.136. The number of alkyl halides is 1. The maximum Gasteiger partial charge on any atom is 0.410 e. The first-order valence-electron chi connectivity index (χ1n) is 4.04. The predicted molar refractivity (Wildman–Crippen MR) is 43.5 cm³/mol. The van der Waals surface area contributed by atoms with E-state index in [2.05, 4.69) is 0 Å². The van der Waals surface area contributed by atoms with Crippen molar-refractivity contribution in [2.45, 2.75) is 24.4 Å². The summed E-state index contributed by atoms with van der Waals surface area (Å²) >= 11 is 5.56. The highest BCUT2D eigenvalue weighted by molar-refractivity contribution is 6.18. The third-order valence-electron chi connectivity index (χ3n) is 2.51. The summed E-state index contributed by atoms with van der Waals surface area (Å²) in [7, 11) is 0. The Kier molecular flexibility index (Phi) is 2.09. The molecule has 0 radical (unpaired) electrons. The number of rotatable bonds is 1. The Bertz CT molecular complexity index is 237. The van der Waals surface area contributed by atoms with Crippen LogP contribution >= 0.6 is 11.6 Å². The molecule has 2 fully saturated rings. The van der Waals surface area contributed by atoms with Gasteiger partial charge in [0.1, 0.15) is 18.2 Å². The molecule has 0 bridgehead atoms. The first-order valence-corrected chi connectivity index (χ1v) is 4.58. The van der Waals surface area contributed by atoms with Crippen LogP contribution in [0.25, 0.3) is 0 Å². The summed E-state index contributed by atoms with van der Waals surface area (Å²) in [4.78, 5) is 12.5. The first kappa shape index (κ1) is 9.05. The first-order chi connectivity index (χ1) is 6.15. The standard InChI is InChI=1S/C7H10ClNO4/c8-1-4-5-6(11)3(10)2-9(5)7(12)13-4/h3-6,10-11H,1-2H2/t3-,4-,5+,6-/m1/s1. The molecular formula is C7H10ClNO4. The molecule has 0 saturated carbocycles. The Morgan fingerprint density at radius 1 is 1.62 bits per heavy atom. The van der Waals surface area contributed by atoms with Gasteiger partial charge in [-0.15, -0.1) is 11.6 Å². The third-order valence-corrected chi connectivity index (χ3v) is 2.81. The summed E-state index contributed by atoms with van der Waals surface area (Å²) in [6.07, 6.45) is -2.86. The average molecular weight is 208 g/mol. The molecule has 2 saturated heterocycles. The van der Waals surface area contributed by atoms with Crippen molar-refractivity contribution in [3.8, 4) is 0 Å². The molecule has 74 valence electrons. The van der Waals surface area contributed by atoms with Gasteiger partial charge in [0.05, 0.1) is 18.5 Å². The molecule has 2 rings (SSSR count). The van der Waals surface area contributed by atoms with Crippen LogP contribution in [0.2, 0.25) is 0 Å².